The highest BCUT2D eigenvalue weighted by molar-refractivity contribution is 7.99. The molecule has 0 aliphatic heterocycles. The van der Waals surface area contributed by atoms with Gasteiger partial charge in [-0.1, -0.05) is 25.1 Å². The molecule has 4 heteroatoms. The molecule has 1 aromatic heterocycles. The number of benzene rings is 1. The molecule has 0 unspecified atom stereocenters. The molecule has 3 nitrogen and oxygen atoms in total. The molecular formula is C15H21N3S. The van der Waals surface area contributed by atoms with Crippen LogP contribution in [0.5, 0.6) is 0 Å². The van der Waals surface area contributed by atoms with Gasteiger partial charge in [-0.3, -0.25) is 4.68 Å². The highest BCUT2D eigenvalue weighted by Crippen LogP contribution is 2.17. The molecule has 0 amide bonds. The topological polar surface area (TPSA) is 29.9 Å². The molecule has 1 heterocycles. The van der Waals surface area contributed by atoms with Gasteiger partial charge in [0.1, 0.15) is 0 Å². The van der Waals surface area contributed by atoms with Gasteiger partial charge in [-0.2, -0.15) is 5.10 Å². The molecule has 1 aromatic carbocycles. The summed E-state index contributed by atoms with van der Waals surface area (Å²) in [6.07, 6.45) is 1.98. The van der Waals surface area contributed by atoms with Crippen LogP contribution in [-0.4, -0.2) is 22.1 Å². The minimum atomic E-state index is 0.911. The summed E-state index contributed by atoms with van der Waals surface area (Å²) in [5.74, 6) is 1.05. The number of hydrogen-bond acceptors (Lipinski definition) is 3. The third-order valence-corrected chi connectivity index (χ3v) is 4.08. The van der Waals surface area contributed by atoms with Crippen molar-refractivity contribution in [2.24, 2.45) is 0 Å². The highest BCUT2D eigenvalue weighted by atomic mass is 32.2. The van der Waals surface area contributed by atoms with Crippen LogP contribution in [0.1, 0.15) is 18.2 Å². The minimum Gasteiger partial charge on any atom is -0.313 e. The fourth-order valence-corrected chi connectivity index (χ4v) is 2.76. The highest BCUT2D eigenvalue weighted by Gasteiger charge is 2.05. The SMILES string of the molecule is CCNCc1cnn(CCSc2ccccc2)c1C. The van der Waals surface area contributed by atoms with E-state index in [2.05, 4.69) is 59.3 Å². The van der Waals surface area contributed by atoms with Gasteiger partial charge >= 0.3 is 0 Å². The predicted molar refractivity (Wildman–Crippen MR) is 81.5 cm³/mol. The molecule has 1 N–H and O–H groups in total. The number of aryl methyl sites for hydroxylation is 1. The molecule has 102 valence electrons. The van der Waals surface area contributed by atoms with E-state index in [-0.39, 0.29) is 0 Å². The fourth-order valence-electron chi connectivity index (χ4n) is 1.91. The van der Waals surface area contributed by atoms with Gasteiger partial charge in [-0.15, -0.1) is 11.8 Å². The first-order valence-electron chi connectivity index (χ1n) is 6.71. The van der Waals surface area contributed by atoms with Crippen LogP contribution >= 0.6 is 11.8 Å². The van der Waals surface area contributed by atoms with E-state index in [1.54, 1.807) is 0 Å². The van der Waals surface area contributed by atoms with Crippen LogP contribution in [0, 0.1) is 6.92 Å². The Bertz CT molecular complexity index is 493. The van der Waals surface area contributed by atoms with Crippen LogP contribution in [0.15, 0.2) is 41.4 Å². The van der Waals surface area contributed by atoms with Gasteiger partial charge in [-0.25, -0.2) is 0 Å². The van der Waals surface area contributed by atoms with Crippen LogP contribution in [0.2, 0.25) is 0 Å². The van der Waals surface area contributed by atoms with Crippen molar-refractivity contribution in [3.8, 4) is 0 Å². The van der Waals surface area contributed by atoms with Crippen LogP contribution in [0.25, 0.3) is 0 Å². The maximum atomic E-state index is 4.46. The summed E-state index contributed by atoms with van der Waals surface area (Å²) in [6, 6.07) is 10.5. The number of nitrogens with zero attached hydrogens (tertiary/aromatic N) is 2. The molecule has 0 saturated heterocycles. The van der Waals surface area contributed by atoms with Gasteiger partial charge in [0.2, 0.25) is 0 Å². The van der Waals surface area contributed by atoms with Gasteiger partial charge < -0.3 is 5.32 Å². The molecule has 0 radical (unpaired) electrons. The summed E-state index contributed by atoms with van der Waals surface area (Å²) in [5.41, 5.74) is 2.57. The first-order chi connectivity index (χ1) is 9.31. The number of thioether (sulfide) groups is 1. The van der Waals surface area contributed by atoms with Crippen LogP contribution in [-0.2, 0) is 13.1 Å². The average molecular weight is 275 g/mol. The zero-order valence-corrected chi connectivity index (χ0v) is 12.4. The lowest BCUT2D eigenvalue weighted by Gasteiger charge is -2.06. The Labute approximate surface area is 119 Å². The third kappa shape index (κ3) is 4.11. The van der Waals surface area contributed by atoms with E-state index >= 15 is 0 Å². The van der Waals surface area contributed by atoms with Crippen LogP contribution < -0.4 is 5.32 Å². The van der Waals surface area contributed by atoms with Gasteiger partial charge in [0.05, 0.1) is 12.7 Å². The lowest BCUT2D eigenvalue weighted by molar-refractivity contribution is 0.641. The van der Waals surface area contributed by atoms with Gasteiger partial charge in [0.15, 0.2) is 0 Å². The molecule has 0 aliphatic carbocycles. The lowest BCUT2D eigenvalue weighted by Crippen LogP contribution is -2.12. The Morgan fingerprint density at radius 2 is 2.05 bits per heavy atom. The van der Waals surface area contributed by atoms with Crippen molar-refractivity contribution in [3.05, 3.63) is 47.8 Å². The molecule has 0 fully saturated rings. The molecule has 0 spiro atoms. The maximum Gasteiger partial charge on any atom is 0.0537 e. The van der Waals surface area contributed by atoms with E-state index < -0.39 is 0 Å². The second-order valence-corrected chi connectivity index (χ2v) is 5.59. The van der Waals surface area contributed by atoms with Gasteiger partial charge in [-0.05, 0) is 25.6 Å². The van der Waals surface area contributed by atoms with Crippen molar-refractivity contribution < 1.29 is 0 Å². The predicted octanol–water partition coefficient (Wildman–Crippen LogP) is 3.09. The van der Waals surface area contributed by atoms with E-state index in [9.17, 15) is 0 Å². The molecule has 0 aliphatic rings. The van der Waals surface area contributed by atoms with Crippen molar-refractivity contribution in [2.45, 2.75) is 31.8 Å². The van der Waals surface area contributed by atoms with E-state index in [0.29, 0.717) is 0 Å². The second kappa shape index (κ2) is 7.36. The first kappa shape index (κ1) is 14.2. The molecule has 2 aromatic rings. The molecule has 0 saturated carbocycles. The molecule has 0 atom stereocenters. The first-order valence-corrected chi connectivity index (χ1v) is 7.69. The van der Waals surface area contributed by atoms with Crippen LogP contribution in [0.4, 0.5) is 0 Å². The summed E-state index contributed by atoms with van der Waals surface area (Å²) in [6.45, 7) is 7.13. The number of nitrogens with one attached hydrogen (secondary N) is 1. The molecule has 19 heavy (non-hydrogen) atoms. The molecule has 0 bridgehead atoms. The summed E-state index contributed by atoms with van der Waals surface area (Å²) >= 11 is 1.87. The summed E-state index contributed by atoms with van der Waals surface area (Å²) in [7, 11) is 0. The quantitative estimate of drug-likeness (QED) is 0.788. The van der Waals surface area contributed by atoms with E-state index in [4.69, 9.17) is 0 Å². The van der Waals surface area contributed by atoms with Gasteiger partial charge in [0.25, 0.3) is 0 Å². The zero-order chi connectivity index (χ0) is 13.5. The van der Waals surface area contributed by atoms with Crippen molar-refractivity contribution in [3.63, 3.8) is 0 Å². The monoisotopic (exact) mass is 275 g/mol. The Kier molecular flexibility index (Phi) is 5.48. The summed E-state index contributed by atoms with van der Waals surface area (Å²) in [4.78, 5) is 1.32. The van der Waals surface area contributed by atoms with Crippen LogP contribution in [0.3, 0.4) is 0 Å². The smallest absolute Gasteiger partial charge is 0.0537 e. The van der Waals surface area contributed by atoms with E-state index in [1.807, 2.05) is 18.0 Å². The number of hydrogen-bond donors (Lipinski definition) is 1. The number of aromatic nitrogens is 2. The Balaban J connectivity index is 1.84. The van der Waals surface area contributed by atoms with Crippen molar-refractivity contribution in [2.75, 3.05) is 12.3 Å². The third-order valence-electron chi connectivity index (χ3n) is 3.09. The largest absolute Gasteiger partial charge is 0.313 e. The molecular weight excluding hydrogens is 254 g/mol. The normalized spacial score (nSPS) is 10.8. The number of rotatable bonds is 7. The Hall–Kier alpha value is -1.26. The van der Waals surface area contributed by atoms with E-state index in [0.717, 1.165) is 25.4 Å². The lowest BCUT2D eigenvalue weighted by atomic mass is 10.2. The van der Waals surface area contributed by atoms with Crippen molar-refractivity contribution in [1.29, 1.82) is 0 Å². The summed E-state index contributed by atoms with van der Waals surface area (Å²) < 4.78 is 2.10. The van der Waals surface area contributed by atoms with Crippen molar-refractivity contribution in [1.82, 2.24) is 15.1 Å². The Morgan fingerprint density at radius 1 is 1.26 bits per heavy atom. The minimum absolute atomic E-state index is 0.911. The zero-order valence-electron chi connectivity index (χ0n) is 11.6. The molecule has 2 rings (SSSR count). The van der Waals surface area contributed by atoms with Gasteiger partial charge in [0, 0.05) is 28.5 Å². The van der Waals surface area contributed by atoms with E-state index in [1.165, 1.54) is 16.2 Å². The average Bonchev–Trinajstić information content (AvgIpc) is 2.79. The fraction of sp³-hybridized carbons (Fsp3) is 0.400. The van der Waals surface area contributed by atoms with Crippen molar-refractivity contribution >= 4 is 11.8 Å². The second-order valence-electron chi connectivity index (χ2n) is 4.42. The Morgan fingerprint density at radius 3 is 2.79 bits per heavy atom. The standard InChI is InChI=1S/C15H21N3S/c1-3-16-11-14-12-17-18(13(14)2)9-10-19-15-7-5-4-6-8-15/h4-8,12,16H,3,9-11H2,1-2H3. The maximum absolute atomic E-state index is 4.46. The summed E-state index contributed by atoms with van der Waals surface area (Å²) in [5, 5.41) is 7.81.